The number of aromatic amines is 1. The topological polar surface area (TPSA) is 110 Å². The fourth-order valence-electron chi connectivity index (χ4n) is 4.68. The molecule has 0 aromatic carbocycles. The summed E-state index contributed by atoms with van der Waals surface area (Å²) in [5.74, 6) is 2.21. The number of imidazole rings is 1. The van der Waals surface area contributed by atoms with Gasteiger partial charge in [0.05, 0.1) is 12.3 Å². The third-order valence-corrected chi connectivity index (χ3v) is 6.15. The van der Waals surface area contributed by atoms with Gasteiger partial charge in [0.2, 0.25) is 0 Å². The van der Waals surface area contributed by atoms with Crippen LogP contribution in [0.4, 0.5) is 17.5 Å². The number of nitriles is 1. The van der Waals surface area contributed by atoms with Gasteiger partial charge in [0, 0.05) is 55.2 Å². The van der Waals surface area contributed by atoms with E-state index in [9.17, 15) is 0 Å². The van der Waals surface area contributed by atoms with Crippen molar-refractivity contribution in [2.45, 2.75) is 71.0 Å². The lowest BCUT2D eigenvalue weighted by Gasteiger charge is -2.45. The molecule has 9 heteroatoms. The van der Waals surface area contributed by atoms with Crippen molar-refractivity contribution in [2.24, 2.45) is 0 Å². The molecule has 164 valence electrons. The van der Waals surface area contributed by atoms with Crippen LogP contribution in [0, 0.1) is 18.3 Å². The number of aromatic nitrogens is 5. The van der Waals surface area contributed by atoms with Crippen molar-refractivity contribution in [3.8, 4) is 6.07 Å². The maximum atomic E-state index is 9.05. The van der Waals surface area contributed by atoms with Crippen molar-refractivity contribution in [3.05, 3.63) is 30.4 Å². The standard InChI is InChI=1S/C22H31N9/c1-4-17-12-16(13-18(5-2)31(17)9-6-7-23)25-20-14-30-10-8-24-22(30)21(27-20)26-19-11-15(3)28-29-19/h8,10-11,14,16-18,25H,4-6,9,12-13H2,1-3H3,(H2,26,27,28,29). The predicted molar refractivity (Wildman–Crippen MR) is 121 cm³/mol. The zero-order valence-electron chi connectivity index (χ0n) is 18.5. The van der Waals surface area contributed by atoms with Gasteiger partial charge in [-0.3, -0.25) is 10.00 Å². The summed E-state index contributed by atoms with van der Waals surface area (Å²) in [6.07, 6.45) is 10.5. The summed E-state index contributed by atoms with van der Waals surface area (Å²) in [7, 11) is 0. The summed E-state index contributed by atoms with van der Waals surface area (Å²) in [6, 6.07) is 5.54. The molecule has 1 saturated heterocycles. The van der Waals surface area contributed by atoms with E-state index < -0.39 is 0 Å². The van der Waals surface area contributed by atoms with E-state index >= 15 is 0 Å². The van der Waals surface area contributed by atoms with Gasteiger partial charge in [-0.15, -0.1) is 0 Å². The molecule has 31 heavy (non-hydrogen) atoms. The summed E-state index contributed by atoms with van der Waals surface area (Å²) in [4.78, 5) is 11.8. The van der Waals surface area contributed by atoms with Gasteiger partial charge in [0.1, 0.15) is 5.82 Å². The number of nitrogens with zero attached hydrogens (tertiary/aromatic N) is 6. The smallest absolute Gasteiger partial charge is 0.180 e. The summed E-state index contributed by atoms with van der Waals surface area (Å²) in [6.45, 7) is 7.30. The Morgan fingerprint density at radius 1 is 1.23 bits per heavy atom. The third-order valence-electron chi connectivity index (χ3n) is 6.15. The first-order chi connectivity index (χ1) is 15.1. The number of fused-ring (bicyclic) bond motifs is 1. The highest BCUT2D eigenvalue weighted by molar-refractivity contribution is 5.70. The van der Waals surface area contributed by atoms with E-state index in [0.29, 0.717) is 30.4 Å². The van der Waals surface area contributed by atoms with Crippen LogP contribution in [-0.4, -0.2) is 54.1 Å². The lowest BCUT2D eigenvalue weighted by molar-refractivity contribution is 0.0735. The number of nitrogens with one attached hydrogen (secondary N) is 3. The van der Waals surface area contributed by atoms with Gasteiger partial charge < -0.3 is 15.0 Å². The molecular weight excluding hydrogens is 390 g/mol. The Morgan fingerprint density at radius 2 is 2.00 bits per heavy atom. The average Bonchev–Trinajstić information content (AvgIpc) is 3.40. The summed E-state index contributed by atoms with van der Waals surface area (Å²) >= 11 is 0. The zero-order valence-corrected chi connectivity index (χ0v) is 18.5. The number of likely N-dealkylation sites (tertiary alicyclic amines) is 1. The molecule has 1 aliphatic rings. The molecule has 4 rings (SSSR count). The maximum Gasteiger partial charge on any atom is 0.180 e. The lowest BCUT2D eigenvalue weighted by Crippen LogP contribution is -2.52. The molecule has 0 bridgehead atoms. The number of hydrogen-bond donors (Lipinski definition) is 3. The van der Waals surface area contributed by atoms with Gasteiger partial charge in [-0.25, -0.2) is 9.97 Å². The summed E-state index contributed by atoms with van der Waals surface area (Å²) in [5, 5.41) is 23.2. The minimum Gasteiger partial charge on any atom is -0.366 e. The number of aryl methyl sites for hydroxylation is 1. The van der Waals surface area contributed by atoms with E-state index in [1.165, 1.54) is 0 Å². The second kappa shape index (κ2) is 9.35. The second-order valence-corrected chi connectivity index (χ2v) is 8.28. The first-order valence-electron chi connectivity index (χ1n) is 11.1. The van der Waals surface area contributed by atoms with Crippen LogP contribution in [-0.2, 0) is 0 Å². The van der Waals surface area contributed by atoms with E-state index in [2.05, 4.69) is 50.6 Å². The van der Waals surface area contributed by atoms with Crippen molar-refractivity contribution >= 4 is 23.1 Å². The molecule has 3 N–H and O–H groups in total. The van der Waals surface area contributed by atoms with E-state index in [1.54, 1.807) is 6.20 Å². The van der Waals surface area contributed by atoms with E-state index in [4.69, 9.17) is 10.2 Å². The van der Waals surface area contributed by atoms with Crippen molar-refractivity contribution < 1.29 is 0 Å². The van der Waals surface area contributed by atoms with Gasteiger partial charge in [-0.05, 0) is 32.6 Å². The maximum absolute atomic E-state index is 9.05. The van der Waals surface area contributed by atoms with Crippen LogP contribution >= 0.6 is 0 Å². The summed E-state index contributed by atoms with van der Waals surface area (Å²) < 4.78 is 1.98. The minimum absolute atomic E-state index is 0.335. The molecule has 0 aliphatic carbocycles. The minimum atomic E-state index is 0.335. The highest BCUT2D eigenvalue weighted by atomic mass is 15.2. The zero-order chi connectivity index (χ0) is 21.8. The number of H-pyrrole nitrogens is 1. The molecule has 9 nitrogen and oxygen atoms in total. The highest BCUT2D eigenvalue weighted by Crippen LogP contribution is 2.30. The second-order valence-electron chi connectivity index (χ2n) is 8.28. The van der Waals surface area contributed by atoms with Crippen LogP contribution < -0.4 is 10.6 Å². The first kappa shape index (κ1) is 21.1. The van der Waals surface area contributed by atoms with Gasteiger partial charge >= 0.3 is 0 Å². The van der Waals surface area contributed by atoms with Crippen LogP contribution in [0.25, 0.3) is 5.65 Å². The van der Waals surface area contributed by atoms with Crippen LogP contribution in [0.3, 0.4) is 0 Å². The van der Waals surface area contributed by atoms with E-state index in [1.807, 2.05) is 29.8 Å². The Bertz CT molecular complexity index is 1030. The number of anilines is 3. The molecule has 1 aliphatic heterocycles. The number of hydrogen-bond acceptors (Lipinski definition) is 7. The lowest BCUT2D eigenvalue weighted by atomic mass is 9.88. The van der Waals surface area contributed by atoms with Gasteiger partial charge in [-0.2, -0.15) is 10.4 Å². The fraction of sp³-hybridized carbons (Fsp3) is 0.545. The van der Waals surface area contributed by atoms with Crippen LogP contribution in [0.5, 0.6) is 0 Å². The molecule has 0 spiro atoms. The summed E-state index contributed by atoms with van der Waals surface area (Å²) in [5.41, 5.74) is 1.74. The van der Waals surface area contributed by atoms with E-state index in [0.717, 1.165) is 55.2 Å². The van der Waals surface area contributed by atoms with Crippen LogP contribution in [0.15, 0.2) is 24.7 Å². The monoisotopic (exact) mass is 421 g/mol. The van der Waals surface area contributed by atoms with Crippen molar-refractivity contribution in [3.63, 3.8) is 0 Å². The average molecular weight is 422 g/mol. The molecule has 0 saturated carbocycles. The third kappa shape index (κ3) is 4.64. The molecule has 2 unspecified atom stereocenters. The Kier molecular flexibility index (Phi) is 6.37. The van der Waals surface area contributed by atoms with Gasteiger partial charge in [-0.1, -0.05) is 13.8 Å². The quantitative estimate of drug-likeness (QED) is 0.507. The number of rotatable bonds is 8. The first-order valence-corrected chi connectivity index (χ1v) is 11.1. The van der Waals surface area contributed by atoms with Gasteiger partial charge in [0.25, 0.3) is 0 Å². The van der Waals surface area contributed by atoms with Crippen LogP contribution in [0.1, 0.15) is 51.6 Å². The molecule has 0 amide bonds. The van der Waals surface area contributed by atoms with Crippen molar-refractivity contribution in [2.75, 3.05) is 17.2 Å². The van der Waals surface area contributed by atoms with Gasteiger partial charge in [0.15, 0.2) is 17.3 Å². The Balaban J connectivity index is 1.54. The molecule has 1 fully saturated rings. The van der Waals surface area contributed by atoms with Crippen LogP contribution in [0.2, 0.25) is 0 Å². The molecule has 2 atom stereocenters. The predicted octanol–water partition coefficient (Wildman–Crippen LogP) is 3.85. The Labute approximate surface area is 182 Å². The van der Waals surface area contributed by atoms with E-state index in [-0.39, 0.29) is 0 Å². The SMILES string of the molecule is CCC1CC(Nc2cn3ccnc3c(Nc3cc(C)[nH]n3)n2)CC(CC)N1CCC#N. The number of piperidine rings is 1. The molecule has 3 aromatic heterocycles. The highest BCUT2D eigenvalue weighted by Gasteiger charge is 2.33. The molecule has 0 radical (unpaired) electrons. The molecule has 3 aromatic rings. The molecule has 4 heterocycles. The van der Waals surface area contributed by atoms with Crippen molar-refractivity contribution in [1.82, 2.24) is 29.5 Å². The molecular formula is C22H31N9. The Morgan fingerprint density at radius 3 is 2.65 bits per heavy atom. The van der Waals surface area contributed by atoms with Crippen molar-refractivity contribution in [1.29, 1.82) is 5.26 Å². The Hall–Kier alpha value is -3.12. The fourth-order valence-corrected chi connectivity index (χ4v) is 4.68. The normalized spacial score (nSPS) is 21.8. The largest absolute Gasteiger partial charge is 0.366 e.